The van der Waals surface area contributed by atoms with E-state index in [1.54, 1.807) is 6.20 Å². The van der Waals surface area contributed by atoms with E-state index in [-0.39, 0.29) is 5.91 Å². The number of aromatic nitrogens is 2. The Morgan fingerprint density at radius 3 is 2.94 bits per heavy atom. The first-order valence-corrected chi connectivity index (χ1v) is 6.05. The molecule has 2 rings (SSSR count). The van der Waals surface area contributed by atoms with Crippen LogP contribution in [0.4, 0.5) is 0 Å². The van der Waals surface area contributed by atoms with E-state index in [2.05, 4.69) is 10.3 Å². The molecule has 1 aromatic heterocycles. The normalized spacial score (nSPS) is 18.8. The van der Waals surface area contributed by atoms with Gasteiger partial charge in [0.15, 0.2) is 0 Å². The van der Waals surface area contributed by atoms with Crippen LogP contribution in [-0.2, 0) is 18.3 Å². The zero-order valence-electron chi connectivity index (χ0n) is 10.4. The van der Waals surface area contributed by atoms with Crippen LogP contribution in [0.15, 0.2) is 12.4 Å². The fraction of sp³-hybridized carbons (Fsp3) is 0.667. The van der Waals surface area contributed by atoms with E-state index in [1.807, 2.05) is 24.7 Å². The molecular formula is C12H20N4O. The monoisotopic (exact) mass is 236 g/mol. The molecule has 1 aliphatic carbocycles. The van der Waals surface area contributed by atoms with Gasteiger partial charge in [-0.05, 0) is 25.7 Å². The van der Waals surface area contributed by atoms with Crippen LogP contribution in [0.5, 0.6) is 0 Å². The number of nitrogens with two attached hydrogens (primary N) is 1. The van der Waals surface area contributed by atoms with Gasteiger partial charge in [0.05, 0.1) is 5.54 Å². The lowest BCUT2D eigenvalue weighted by Gasteiger charge is -2.23. The Balaban J connectivity index is 1.79. The molecule has 0 aromatic carbocycles. The summed E-state index contributed by atoms with van der Waals surface area (Å²) in [5, 5.41) is 2.89. The van der Waals surface area contributed by atoms with Gasteiger partial charge in [0, 0.05) is 32.4 Å². The first-order chi connectivity index (χ1) is 8.01. The molecule has 0 saturated heterocycles. The van der Waals surface area contributed by atoms with Crippen LogP contribution in [0.25, 0.3) is 0 Å². The van der Waals surface area contributed by atoms with Crippen LogP contribution < -0.4 is 11.1 Å². The summed E-state index contributed by atoms with van der Waals surface area (Å²) < 4.78 is 1.95. The van der Waals surface area contributed by atoms with Crippen LogP contribution >= 0.6 is 0 Å². The van der Waals surface area contributed by atoms with Crippen molar-refractivity contribution in [2.75, 3.05) is 6.54 Å². The maximum atomic E-state index is 11.9. The number of nitrogens with zero attached hydrogens (tertiary/aromatic N) is 2. The van der Waals surface area contributed by atoms with E-state index in [1.165, 1.54) is 0 Å². The third-order valence-corrected chi connectivity index (χ3v) is 3.47. The van der Waals surface area contributed by atoms with Crippen molar-refractivity contribution in [1.29, 1.82) is 0 Å². The highest BCUT2D eigenvalue weighted by Gasteiger charge is 2.43. The van der Waals surface area contributed by atoms with Crippen LogP contribution in [0.1, 0.15) is 25.6 Å². The van der Waals surface area contributed by atoms with Crippen molar-refractivity contribution in [2.24, 2.45) is 18.7 Å². The highest BCUT2D eigenvalue weighted by molar-refractivity contribution is 5.86. The van der Waals surface area contributed by atoms with Gasteiger partial charge in [0.1, 0.15) is 5.82 Å². The van der Waals surface area contributed by atoms with Crippen molar-refractivity contribution in [3.05, 3.63) is 18.2 Å². The van der Waals surface area contributed by atoms with Crippen molar-refractivity contribution in [3.63, 3.8) is 0 Å². The molecule has 0 aliphatic heterocycles. The zero-order chi connectivity index (χ0) is 12.5. The first kappa shape index (κ1) is 12.1. The molecule has 1 unspecified atom stereocenters. The Hall–Kier alpha value is -1.36. The molecule has 1 saturated carbocycles. The second-order valence-electron chi connectivity index (χ2n) is 5.02. The van der Waals surface area contributed by atoms with Gasteiger partial charge >= 0.3 is 0 Å². The number of imidazole rings is 1. The third kappa shape index (κ3) is 2.66. The molecule has 5 nitrogen and oxygen atoms in total. The molecule has 5 heteroatoms. The average molecular weight is 236 g/mol. The minimum atomic E-state index is -0.707. The van der Waals surface area contributed by atoms with E-state index in [9.17, 15) is 4.79 Å². The number of aryl methyl sites for hydroxylation is 1. The average Bonchev–Trinajstić information content (AvgIpc) is 3.05. The molecule has 94 valence electrons. The van der Waals surface area contributed by atoms with E-state index in [0.29, 0.717) is 12.5 Å². The fourth-order valence-electron chi connectivity index (χ4n) is 1.98. The Labute approximate surface area is 101 Å². The first-order valence-electron chi connectivity index (χ1n) is 6.05. The maximum absolute atomic E-state index is 11.9. The van der Waals surface area contributed by atoms with Gasteiger partial charge in [-0.2, -0.15) is 0 Å². The van der Waals surface area contributed by atoms with Gasteiger partial charge in [-0.3, -0.25) is 4.79 Å². The topological polar surface area (TPSA) is 72.9 Å². The number of amides is 1. The fourth-order valence-corrected chi connectivity index (χ4v) is 1.98. The quantitative estimate of drug-likeness (QED) is 0.767. The molecule has 1 aliphatic rings. The molecule has 1 heterocycles. The molecule has 1 aromatic rings. The summed E-state index contributed by atoms with van der Waals surface area (Å²) in [6.45, 7) is 2.41. The zero-order valence-corrected chi connectivity index (χ0v) is 10.4. The van der Waals surface area contributed by atoms with Crippen molar-refractivity contribution in [3.8, 4) is 0 Å². The van der Waals surface area contributed by atoms with Gasteiger partial charge in [-0.15, -0.1) is 0 Å². The summed E-state index contributed by atoms with van der Waals surface area (Å²) in [6.07, 6.45) is 6.53. The van der Waals surface area contributed by atoms with Crippen LogP contribution in [0.2, 0.25) is 0 Å². The maximum Gasteiger partial charge on any atom is 0.240 e. The molecule has 0 radical (unpaired) electrons. The van der Waals surface area contributed by atoms with Gasteiger partial charge in [0.25, 0.3) is 0 Å². The van der Waals surface area contributed by atoms with Gasteiger partial charge in [-0.25, -0.2) is 4.98 Å². The molecular weight excluding hydrogens is 216 g/mol. The largest absolute Gasteiger partial charge is 0.354 e. The highest BCUT2D eigenvalue weighted by Crippen LogP contribution is 2.37. The van der Waals surface area contributed by atoms with E-state index in [0.717, 1.165) is 25.1 Å². The van der Waals surface area contributed by atoms with Crippen molar-refractivity contribution >= 4 is 5.91 Å². The minimum absolute atomic E-state index is 0.0470. The van der Waals surface area contributed by atoms with Gasteiger partial charge < -0.3 is 15.6 Å². The lowest BCUT2D eigenvalue weighted by atomic mass is 9.96. The number of hydrogen-bond acceptors (Lipinski definition) is 3. The predicted molar refractivity (Wildman–Crippen MR) is 65.2 cm³/mol. The molecule has 3 N–H and O–H groups in total. The summed E-state index contributed by atoms with van der Waals surface area (Å²) in [5.74, 6) is 1.28. The third-order valence-electron chi connectivity index (χ3n) is 3.47. The lowest BCUT2D eigenvalue weighted by Crippen LogP contribution is -2.53. The van der Waals surface area contributed by atoms with E-state index in [4.69, 9.17) is 5.73 Å². The Bertz CT molecular complexity index is 406. The molecule has 0 bridgehead atoms. The Kier molecular flexibility index (Phi) is 3.19. The standard InChI is InChI=1S/C12H20N4O/c1-12(13,9-3-4-9)11(17)15-6-5-10-14-7-8-16(10)2/h7-9H,3-6,13H2,1-2H3,(H,15,17). The van der Waals surface area contributed by atoms with E-state index >= 15 is 0 Å². The molecule has 1 atom stereocenters. The SMILES string of the molecule is Cn1ccnc1CCNC(=O)C(C)(N)C1CC1. The highest BCUT2D eigenvalue weighted by atomic mass is 16.2. The van der Waals surface area contributed by atoms with Crippen LogP contribution in [0, 0.1) is 5.92 Å². The molecule has 1 amide bonds. The molecule has 17 heavy (non-hydrogen) atoms. The Morgan fingerprint density at radius 2 is 2.41 bits per heavy atom. The minimum Gasteiger partial charge on any atom is -0.354 e. The molecule has 0 spiro atoms. The number of carbonyl (C=O) groups excluding carboxylic acids is 1. The van der Waals surface area contributed by atoms with Crippen LogP contribution in [-0.4, -0.2) is 27.5 Å². The smallest absolute Gasteiger partial charge is 0.240 e. The summed E-state index contributed by atoms with van der Waals surface area (Å²) in [5.41, 5.74) is 5.32. The molecule has 1 fully saturated rings. The van der Waals surface area contributed by atoms with Gasteiger partial charge in [0.2, 0.25) is 5.91 Å². The summed E-state index contributed by atoms with van der Waals surface area (Å²) in [6, 6.07) is 0. The van der Waals surface area contributed by atoms with Crippen molar-refractivity contribution in [1.82, 2.24) is 14.9 Å². The second kappa shape index (κ2) is 4.49. The number of nitrogens with one attached hydrogen (secondary N) is 1. The lowest BCUT2D eigenvalue weighted by molar-refractivity contribution is -0.126. The van der Waals surface area contributed by atoms with Crippen LogP contribution in [0.3, 0.4) is 0 Å². The summed E-state index contributed by atoms with van der Waals surface area (Å²) >= 11 is 0. The predicted octanol–water partition coefficient (Wildman–Crippen LogP) is 0.206. The number of hydrogen-bond donors (Lipinski definition) is 2. The van der Waals surface area contributed by atoms with Crippen molar-refractivity contribution < 1.29 is 4.79 Å². The second-order valence-corrected chi connectivity index (χ2v) is 5.02. The van der Waals surface area contributed by atoms with Crippen molar-refractivity contribution in [2.45, 2.75) is 31.7 Å². The van der Waals surface area contributed by atoms with Gasteiger partial charge in [-0.1, -0.05) is 0 Å². The Morgan fingerprint density at radius 1 is 1.71 bits per heavy atom. The number of carbonyl (C=O) groups is 1. The summed E-state index contributed by atoms with van der Waals surface area (Å²) in [4.78, 5) is 16.1. The number of rotatable bonds is 5. The summed E-state index contributed by atoms with van der Waals surface area (Å²) in [7, 11) is 1.95. The van der Waals surface area contributed by atoms with E-state index < -0.39 is 5.54 Å².